The fourth-order valence-electron chi connectivity index (χ4n) is 4.17. The predicted molar refractivity (Wildman–Crippen MR) is 175 cm³/mol. The minimum atomic E-state index is -0.231. The number of rotatable bonds is 9. The largest absolute Gasteiger partial charge is 0.370 e. The lowest BCUT2D eigenvalue weighted by Gasteiger charge is -2.25. The number of amides is 2. The lowest BCUT2D eigenvalue weighted by Crippen LogP contribution is -2.46. The molecule has 0 aliphatic rings. The Kier molecular flexibility index (Phi) is 11.9. The first-order valence-corrected chi connectivity index (χ1v) is 14.1. The third-order valence-corrected chi connectivity index (χ3v) is 6.82. The molecule has 0 aliphatic carbocycles. The fourth-order valence-corrected chi connectivity index (χ4v) is 4.48. The quantitative estimate of drug-likeness (QED) is 0.158. The van der Waals surface area contributed by atoms with Crippen LogP contribution in [0, 0.1) is 27.7 Å². The van der Waals surface area contributed by atoms with E-state index in [1.54, 1.807) is 0 Å². The van der Waals surface area contributed by atoms with E-state index in [-0.39, 0.29) is 24.7 Å². The number of hydrazine groups is 2. The van der Waals surface area contributed by atoms with Gasteiger partial charge < -0.3 is 15.5 Å². The highest BCUT2D eigenvalue weighted by molar-refractivity contribution is 7.80. The third kappa shape index (κ3) is 10.0. The summed E-state index contributed by atoms with van der Waals surface area (Å²) in [5.74, 6) is -0.462. The maximum Gasteiger partial charge on any atom is 0.240 e. The van der Waals surface area contributed by atoms with E-state index in [1.165, 1.54) is 0 Å². The van der Waals surface area contributed by atoms with Gasteiger partial charge in [-0.2, -0.15) is 0 Å². The monoisotopic (exact) mass is 591 g/mol. The maximum absolute atomic E-state index is 12.6. The number of carbonyl (C=O) groups is 2. The smallest absolute Gasteiger partial charge is 0.240 e. The molecule has 41 heavy (non-hydrogen) atoms. The Morgan fingerprint density at radius 2 is 0.976 bits per heavy atom. The summed E-state index contributed by atoms with van der Waals surface area (Å²) in [6.45, 7) is 8.76. The zero-order valence-electron chi connectivity index (χ0n) is 23.8. The molecule has 0 bridgehead atoms. The average molecular weight is 592 g/mol. The summed E-state index contributed by atoms with van der Waals surface area (Å²) < 4.78 is 0. The van der Waals surface area contributed by atoms with Crippen molar-refractivity contribution in [2.45, 2.75) is 40.5 Å². The van der Waals surface area contributed by atoms with E-state index in [2.05, 4.69) is 32.3 Å². The molecule has 3 rings (SSSR count). The van der Waals surface area contributed by atoms with Crippen LogP contribution < -0.4 is 37.2 Å². The predicted octanol–water partition coefficient (Wildman–Crippen LogP) is 4.54. The van der Waals surface area contributed by atoms with Crippen molar-refractivity contribution < 1.29 is 9.59 Å². The Balaban J connectivity index is 1.46. The van der Waals surface area contributed by atoms with E-state index < -0.39 is 0 Å². The van der Waals surface area contributed by atoms with Gasteiger partial charge in [-0.1, -0.05) is 54.6 Å². The van der Waals surface area contributed by atoms with Crippen LogP contribution in [0.3, 0.4) is 0 Å². The zero-order chi connectivity index (χ0) is 29.8. The summed E-state index contributed by atoms with van der Waals surface area (Å²) >= 11 is 10.7. The van der Waals surface area contributed by atoms with Gasteiger partial charge in [-0.3, -0.25) is 31.3 Å². The molecule has 0 radical (unpaired) electrons. The molecule has 0 spiro atoms. The van der Waals surface area contributed by atoms with Crippen molar-refractivity contribution >= 4 is 63.5 Å². The van der Waals surface area contributed by atoms with Crippen molar-refractivity contribution in [2.75, 3.05) is 28.6 Å². The van der Waals surface area contributed by atoms with Gasteiger partial charge in [0.05, 0.1) is 0 Å². The summed E-state index contributed by atoms with van der Waals surface area (Å²) in [5, 5.41) is 6.85. The summed E-state index contributed by atoms with van der Waals surface area (Å²) in [6, 6.07) is 21.6. The molecule has 11 heteroatoms. The summed E-state index contributed by atoms with van der Waals surface area (Å²) in [6.07, 6.45) is 0.384. The lowest BCUT2D eigenvalue weighted by atomic mass is 10.1. The van der Waals surface area contributed by atoms with Crippen LogP contribution in [0.1, 0.15) is 35.1 Å². The molecule has 0 fully saturated rings. The number of carbonyl (C=O) groups excluding carboxylic acids is 2. The first-order valence-electron chi connectivity index (χ1n) is 13.3. The van der Waals surface area contributed by atoms with Crippen LogP contribution in [0.15, 0.2) is 66.7 Å². The van der Waals surface area contributed by atoms with E-state index >= 15 is 0 Å². The van der Waals surface area contributed by atoms with Crippen molar-refractivity contribution in [2.24, 2.45) is 0 Å². The van der Waals surface area contributed by atoms with E-state index in [1.807, 2.05) is 99.3 Å². The number of benzene rings is 3. The van der Waals surface area contributed by atoms with Gasteiger partial charge in [0.25, 0.3) is 0 Å². The van der Waals surface area contributed by atoms with Gasteiger partial charge in [-0.15, -0.1) is 0 Å². The Labute approximate surface area is 252 Å². The Morgan fingerprint density at radius 1 is 0.585 bits per heavy atom. The standard InChI is InChI=1S/C30H37N7O2S2/c1-20-10-8-11-21(2)27(20)31-29(40)35-33-25(38)16-18-37(24-14-6-5-7-15-24)19-17-26(39)34-36-30(41)32-28-22(3)12-9-13-23(28)4/h5-15H,16-19H2,1-4H3,(H,33,38)(H,34,39)(H2,31,35,40)(H2,32,36,41). The molecule has 0 heterocycles. The second-order valence-electron chi connectivity index (χ2n) is 9.61. The van der Waals surface area contributed by atoms with Crippen LogP contribution in [0.4, 0.5) is 17.1 Å². The minimum absolute atomic E-state index is 0.192. The molecule has 3 aromatic carbocycles. The van der Waals surface area contributed by atoms with Crippen LogP contribution >= 0.6 is 24.4 Å². The van der Waals surface area contributed by atoms with Crippen molar-refractivity contribution in [3.05, 3.63) is 89.0 Å². The molecule has 216 valence electrons. The number of anilines is 3. The average Bonchev–Trinajstić information content (AvgIpc) is 2.95. The van der Waals surface area contributed by atoms with Gasteiger partial charge in [0, 0.05) is 43.0 Å². The van der Waals surface area contributed by atoms with E-state index in [9.17, 15) is 9.59 Å². The number of hydrogen-bond donors (Lipinski definition) is 6. The Bertz CT molecular complexity index is 1260. The van der Waals surface area contributed by atoms with Crippen LogP contribution in [0.25, 0.3) is 0 Å². The maximum atomic E-state index is 12.6. The topological polar surface area (TPSA) is 110 Å². The minimum Gasteiger partial charge on any atom is -0.370 e. The normalized spacial score (nSPS) is 10.2. The third-order valence-electron chi connectivity index (χ3n) is 6.41. The highest BCUT2D eigenvalue weighted by atomic mass is 32.1. The second kappa shape index (κ2) is 15.5. The zero-order valence-corrected chi connectivity index (χ0v) is 25.4. The van der Waals surface area contributed by atoms with Gasteiger partial charge in [0.2, 0.25) is 11.8 Å². The lowest BCUT2D eigenvalue weighted by molar-refractivity contribution is -0.121. The number of aryl methyl sites for hydroxylation is 4. The molecule has 0 aromatic heterocycles. The molecule has 0 unspecified atom stereocenters. The molecule has 0 saturated heterocycles. The van der Waals surface area contributed by atoms with E-state index in [0.717, 1.165) is 39.3 Å². The first kappa shape index (κ1) is 31.3. The molecule has 2 amide bonds. The molecule has 0 atom stereocenters. The molecule has 6 N–H and O–H groups in total. The summed E-state index contributed by atoms with van der Waals surface area (Å²) in [5.41, 5.74) is 17.7. The second-order valence-corrected chi connectivity index (χ2v) is 10.4. The van der Waals surface area contributed by atoms with Crippen LogP contribution in [-0.4, -0.2) is 35.1 Å². The molecule has 9 nitrogen and oxygen atoms in total. The SMILES string of the molecule is Cc1cccc(C)c1NC(=S)NNC(=O)CCN(CCC(=O)NNC(=S)Nc1c(C)cccc1C)c1ccccc1. The van der Waals surface area contributed by atoms with Crippen molar-refractivity contribution in [3.8, 4) is 0 Å². The van der Waals surface area contributed by atoms with E-state index in [0.29, 0.717) is 23.3 Å². The highest BCUT2D eigenvalue weighted by Crippen LogP contribution is 2.20. The molecule has 0 aliphatic heterocycles. The number of nitrogens with zero attached hydrogens (tertiary/aromatic N) is 1. The summed E-state index contributed by atoms with van der Waals surface area (Å²) in [7, 11) is 0. The molecular formula is C30H37N7O2S2. The van der Waals surface area contributed by atoms with Crippen LogP contribution in [0.2, 0.25) is 0 Å². The fraction of sp³-hybridized carbons (Fsp3) is 0.267. The van der Waals surface area contributed by atoms with Crippen molar-refractivity contribution in [1.82, 2.24) is 21.7 Å². The Hall–Kier alpha value is -4.22. The van der Waals surface area contributed by atoms with Crippen molar-refractivity contribution in [1.29, 1.82) is 0 Å². The van der Waals surface area contributed by atoms with Crippen LogP contribution in [-0.2, 0) is 9.59 Å². The first-order chi connectivity index (χ1) is 19.6. The molecule has 0 saturated carbocycles. The number of hydrogen-bond acceptors (Lipinski definition) is 5. The number of para-hydroxylation sites is 3. The van der Waals surface area contributed by atoms with Crippen LogP contribution in [0.5, 0.6) is 0 Å². The highest BCUT2D eigenvalue weighted by Gasteiger charge is 2.13. The van der Waals surface area contributed by atoms with Crippen molar-refractivity contribution in [3.63, 3.8) is 0 Å². The number of nitrogens with one attached hydrogen (secondary N) is 6. The van der Waals surface area contributed by atoms with Gasteiger partial charge in [0.1, 0.15) is 0 Å². The van der Waals surface area contributed by atoms with E-state index in [4.69, 9.17) is 24.4 Å². The van der Waals surface area contributed by atoms with Gasteiger partial charge >= 0.3 is 0 Å². The molecular weight excluding hydrogens is 555 g/mol. The Morgan fingerprint density at radius 3 is 1.37 bits per heavy atom. The van der Waals surface area contributed by atoms with Gasteiger partial charge in [-0.25, -0.2) is 0 Å². The number of thiocarbonyl (C=S) groups is 2. The molecule has 3 aromatic rings. The van der Waals surface area contributed by atoms with Gasteiger partial charge in [-0.05, 0) is 86.5 Å². The van der Waals surface area contributed by atoms with Gasteiger partial charge in [0.15, 0.2) is 10.2 Å². The summed E-state index contributed by atoms with van der Waals surface area (Å²) in [4.78, 5) is 27.2.